The Balaban J connectivity index is 2.22. The Hall–Kier alpha value is -1.66. The van der Waals surface area contributed by atoms with Crippen LogP contribution in [0.1, 0.15) is 40.2 Å². The van der Waals surface area contributed by atoms with Gasteiger partial charge in [-0.2, -0.15) is 11.3 Å². The van der Waals surface area contributed by atoms with Crippen molar-refractivity contribution in [1.29, 1.82) is 0 Å². The highest BCUT2D eigenvalue weighted by Crippen LogP contribution is 2.34. The molecule has 0 saturated heterocycles. The lowest BCUT2D eigenvalue weighted by atomic mass is 10.1. The van der Waals surface area contributed by atoms with Crippen molar-refractivity contribution in [1.82, 2.24) is 0 Å². The lowest BCUT2D eigenvalue weighted by Gasteiger charge is -2.07. The fraction of sp³-hybridized carbons (Fsp3) is 0.375. The number of thiophene rings is 2. The molecule has 0 bridgehead atoms. The summed E-state index contributed by atoms with van der Waals surface area (Å²) in [4.78, 5) is 25.4. The van der Waals surface area contributed by atoms with Gasteiger partial charge in [-0.1, -0.05) is 6.92 Å². The molecule has 118 valence electrons. The summed E-state index contributed by atoms with van der Waals surface area (Å²) in [6, 6.07) is 1.92. The van der Waals surface area contributed by atoms with Gasteiger partial charge < -0.3 is 10.1 Å². The lowest BCUT2D eigenvalue weighted by molar-refractivity contribution is -0.115. The fourth-order valence-electron chi connectivity index (χ4n) is 2.26. The summed E-state index contributed by atoms with van der Waals surface area (Å²) in [7, 11) is 0. The lowest BCUT2D eigenvalue weighted by Crippen LogP contribution is -2.16. The van der Waals surface area contributed by atoms with Crippen molar-refractivity contribution in [3.8, 4) is 0 Å². The Morgan fingerprint density at radius 3 is 2.68 bits per heavy atom. The minimum absolute atomic E-state index is 0.118. The van der Waals surface area contributed by atoms with Crippen LogP contribution in [0.15, 0.2) is 16.8 Å². The smallest absolute Gasteiger partial charge is 0.341 e. The maximum atomic E-state index is 12.2. The van der Waals surface area contributed by atoms with Crippen LogP contribution in [0.2, 0.25) is 0 Å². The molecule has 0 aliphatic rings. The molecule has 0 radical (unpaired) electrons. The average molecular weight is 337 g/mol. The van der Waals surface area contributed by atoms with Gasteiger partial charge in [0, 0.05) is 4.88 Å². The van der Waals surface area contributed by atoms with Crippen LogP contribution >= 0.6 is 22.7 Å². The molecule has 0 spiro atoms. The molecule has 0 aliphatic heterocycles. The summed E-state index contributed by atoms with van der Waals surface area (Å²) in [6.07, 6.45) is 1.04. The monoisotopic (exact) mass is 337 g/mol. The Morgan fingerprint density at radius 2 is 2.09 bits per heavy atom. The third-order valence-electron chi connectivity index (χ3n) is 3.24. The molecule has 2 aromatic rings. The molecular weight excluding hydrogens is 318 g/mol. The molecule has 2 aromatic heterocycles. The van der Waals surface area contributed by atoms with Gasteiger partial charge in [-0.25, -0.2) is 4.79 Å². The van der Waals surface area contributed by atoms with Crippen molar-refractivity contribution >= 4 is 39.6 Å². The fourth-order valence-corrected chi connectivity index (χ4v) is 4.08. The summed E-state index contributed by atoms with van der Waals surface area (Å²) in [5.41, 5.74) is 2.43. The van der Waals surface area contributed by atoms with Gasteiger partial charge >= 0.3 is 5.97 Å². The molecule has 1 amide bonds. The van der Waals surface area contributed by atoms with Gasteiger partial charge in [-0.3, -0.25) is 4.79 Å². The highest BCUT2D eigenvalue weighted by Gasteiger charge is 2.23. The van der Waals surface area contributed by atoms with Gasteiger partial charge in [0.1, 0.15) is 5.00 Å². The molecule has 4 nitrogen and oxygen atoms in total. The van der Waals surface area contributed by atoms with Crippen molar-refractivity contribution in [2.24, 2.45) is 0 Å². The highest BCUT2D eigenvalue weighted by atomic mass is 32.1. The van der Waals surface area contributed by atoms with E-state index in [9.17, 15) is 9.59 Å². The minimum atomic E-state index is -0.366. The van der Waals surface area contributed by atoms with Gasteiger partial charge in [0.15, 0.2) is 0 Å². The van der Waals surface area contributed by atoms with Crippen LogP contribution in [0.4, 0.5) is 5.00 Å². The van der Waals surface area contributed by atoms with Crippen LogP contribution in [0.3, 0.4) is 0 Å². The molecule has 0 aliphatic carbocycles. The number of anilines is 1. The van der Waals surface area contributed by atoms with Crippen LogP contribution in [-0.4, -0.2) is 18.5 Å². The zero-order chi connectivity index (χ0) is 16.1. The molecule has 0 unspecified atom stereocenters. The third-order valence-corrected chi connectivity index (χ3v) is 5.03. The molecule has 0 saturated carbocycles. The van der Waals surface area contributed by atoms with E-state index in [2.05, 4.69) is 5.32 Å². The van der Waals surface area contributed by atoms with E-state index in [1.54, 1.807) is 18.3 Å². The predicted molar refractivity (Wildman–Crippen MR) is 91.0 cm³/mol. The van der Waals surface area contributed by atoms with Gasteiger partial charge in [-0.05, 0) is 48.2 Å². The Morgan fingerprint density at radius 1 is 1.32 bits per heavy atom. The van der Waals surface area contributed by atoms with Gasteiger partial charge in [0.25, 0.3) is 0 Å². The van der Waals surface area contributed by atoms with Gasteiger partial charge in [0.05, 0.1) is 18.6 Å². The maximum absolute atomic E-state index is 12.2. The van der Waals surface area contributed by atoms with Crippen molar-refractivity contribution in [3.05, 3.63) is 38.4 Å². The van der Waals surface area contributed by atoms with E-state index in [4.69, 9.17) is 4.74 Å². The van der Waals surface area contributed by atoms with Crippen molar-refractivity contribution in [3.63, 3.8) is 0 Å². The van der Waals surface area contributed by atoms with Crippen molar-refractivity contribution in [2.75, 3.05) is 11.9 Å². The normalized spacial score (nSPS) is 10.5. The first-order chi connectivity index (χ1) is 10.6. The van der Waals surface area contributed by atoms with E-state index in [-0.39, 0.29) is 11.9 Å². The van der Waals surface area contributed by atoms with Crippen LogP contribution < -0.4 is 5.32 Å². The Labute approximate surface area is 138 Å². The topological polar surface area (TPSA) is 55.4 Å². The quantitative estimate of drug-likeness (QED) is 0.810. The summed E-state index contributed by atoms with van der Waals surface area (Å²) >= 11 is 2.99. The van der Waals surface area contributed by atoms with E-state index < -0.39 is 0 Å². The minimum Gasteiger partial charge on any atom is -0.462 e. The van der Waals surface area contributed by atoms with Crippen LogP contribution in [0, 0.1) is 6.92 Å². The summed E-state index contributed by atoms with van der Waals surface area (Å²) < 4.78 is 5.13. The van der Waals surface area contributed by atoms with Crippen molar-refractivity contribution in [2.45, 2.75) is 33.6 Å². The first kappa shape index (κ1) is 16.7. The number of amides is 1. The van der Waals surface area contributed by atoms with Gasteiger partial charge in [-0.15, -0.1) is 11.3 Å². The number of ether oxygens (including phenoxy) is 1. The van der Waals surface area contributed by atoms with Crippen LogP contribution in [0.5, 0.6) is 0 Å². The number of esters is 1. The largest absolute Gasteiger partial charge is 0.462 e. The first-order valence-corrected chi connectivity index (χ1v) is 8.93. The molecule has 0 aromatic carbocycles. The Kier molecular flexibility index (Phi) is 5.74. The number of nitrogens with one attached hydrogen (secondary N) is 1. The first-order valence-electron chi connectivity index (χ1n) is 7.17. The molecule has 1 N–H and O–H groups in total. The Bertz CT molecular complexity index is 659. The standard InChI is InChI=1S/C16H19NO3S2/c1-4-12-10(3)22-15(14(12)16(19)20-5-2)17-13(18)8-11-6-7-21-9-11/h6-7,9H,4-5,8H2,1-3H3,(H,17,18). The number of hydrogen-bond donors (Lipinski definition) is 1. The van der Waals surface area contributed by atoms with Crippen LogP contribution in [0.25, 0.3) is 0 Å². The van der Waals surface area contributed by atoms with E-state index in [0.717, 1.165) is 22.4 Å². The second kappa shape index (κ2) is 7.56. The molecule has 22 heavy (non-hydrogen) atoms. The molecular formula is C16H19NO3S2. The maximum Gasteiger partial charge on any atom is 0.341 e. The zero-order valence-corrected chi connectivity index (χ0v) is 14.5. The van der Waals surface area contributed by atoms with E-state index >= 15 is 0 Å². The summed E-state index contributed by atoms with van der Waals surface area (Å²) in [6.45, 7) is 6.05. The number of carbonyl (C=O) groups is 2. The van der Waals surface area contributed by atoms with Crippen molar-refractivity contribution < 1.29 is 14.3 Å². The third kappa shape index (κ3) is 3.75. The second-order valence-corrected chi connectivity index (χ2v) is 6.78. The number of hydrogen-bond acceptors (Lipinski definition) is 5. The highest BCUT2D eigenvalue weighted by molar-refractivity contribution is 7.16. The SMILES string of the molecule is CCOC(=O)c1c(NC(=O)Cc2ccsc2)sc(C)c1CC. The van der Waals surface area contributed by atoms with E-state index in [1.165, 1.54) is 11.3 Å². The summed E-state index contributed by atoms with van der Waals surface area (Å²) in [5.74, 6) is -0.484. The molecule has 0 atom stereocenters. The zero-order valence-electron chi connectivity index (χ0n) is 12.9. The molecule has 6 heteroatoms. The van der Waals surface area contributed by atoms with E-state index in [0.29, 0.717) is 23.6 Å². The number of carbonyl (C=O) groups excluding carboxylic acids is 2. The van der Waals surface area contributed by atoms with Gasteiger partial charge in [0.2, 0.25) is 5.91 Å². The average Bonchev–Trinajstić information content (AvgIpc) is 3.06. The number of aryl methyl sites for hydroxylation is 1. The second-order valence-electron chi connectivity index (χ2n) is 4.77. The molecule has 2 rings (SSSR count). The molecule has 2 heterocycles. The number of rotatable bonds is 6. The van der Waals surface area contributed by atoms with Crippen LogP contribution in [-0.2, 0) is 22.4 Å². The predicted octanol–water partition coefficient (Wildman–Crippen LogP) is 4.04. The van der Waals surface area contributed by atoms with E-state index in [1.807, 2.05) is 30.7 Å². The molecule has 0 fully saturated rings. The summed E-state index contributed by atoms with van der Waals surface area (Å²) in [5, 5.41) is 7.35.